The number of aryl methyl sites for hydroxylation is 1. The molecule has 0 saturated heterocycles. The van der Waals surface area contributed by atoms with E-state index in [9.17, 15) is 14.0 Å². The Hall–Kier alpha value is -3.20. The third kappa shape index (κ3) is 3.06. The van der Waals surface area contributed by atoms with Crippen LogP contribution in [0, 0.1) is 5.82 Å². The summed E-state index contributed by atoms with van der Waals surface area (Å²) in [4.78, 5) is 24.6. The Morgan fingerprint density at radius 3 is 2.70 bits per heavy atom. The van der Waals surface area contributed by atoms with Gasteiger partial charge in [-0.3, -0.25) is 18.6 Å². The second kappa shape index (κ2) is 6.84. The van der Waals surface area contributed by atoms with E-state index in [2.05, 4.69) is 15.5 Å². The number of fused-ring (bicyclic) bond motifs is 3. The van der Waals surface area contributed by atoms with E-state index < -0.39 is 5.82 Å². The minimum Gasteiger partial charge on any atom is -0.323 e. The van der Waals surface area contributed by atoms with Crippen molar-refractivity contribution in [3.63, 3.8) is 0 Å². The fourth-order valence-corrected chi connectivity index (χ4v) is 3.52. The van der Waals surface area contributed by atoms with Gasteiger partial charge in [-0.2, -0.15) is 0 Å². The second-order valence-corrected chi connectivity index (χ2v) is 6.76. The van der Waals surface area contributed by atoms with Gasteiger partial charge in [-0.25, -0.2) is 4.39 Å². The van der Waals surface area contributed by atoms with Gasteiger partial charge in [0.25, 0.3) is 5.56 Å². The average Bonchev–Trinajstić information content (AvgIpc) is 3.10. The molecule has 4 aromatic rings. The monoisotopic (exact) mass is 383 g/mol. The number of hydrogen-bond acceptors (Lipinski definition) is 5. The molecule has 2 aromatic heterocycles. The van der Waals surface area contributed by atoms with E-state index in [1.54, 1.807) is 41.8 Å². The second-order valence-electron chi connectivity index (χ2n) is 5.82. The molecule has 0 fully saturated rings. The van der Waals surface area contributed by atoms with E-state index in [1.807, 2.05) is 6.07 Å². The lowest BCUT2D eigenvalue weighted by atomic mass is 10.2. The van der Waals surface area contributed by atoms with Crippen LogP contribution < -0.4 is 10.9 Å². The maximum absolute atomic E-state index is 13.6. The van der Waals surface area contributed by atoms with Crippen LogP contribution in [-0.2, 0) is 11.8 Å². The molecule has 9 heteroatoms. The molecule has 0 unspecified atom stereocenters. The molecule has 0 spiro atoms. The lowest BCUT2D eigenvalue weighted by Gasteiger charge is -2.08. The van der Waals surface area contributed by atoms with Crippen molar-refractivity contribution in [3.05, 3.63) is 64.7 Å². The van der Waals surface area contributed by atoms with Crippen molar-refractivity contribution in [1.29, 1.82) is 0 Å². The summed E-state index contributed by atoms with van der Waals surface area (Å²) >= 11 is 1.16. The molecule has 27 heavy (non-hydrogen) atoms. The van der Waals surface area contributed by atoms with Crippen molar-refractivity contribution in [2.75, 3.05) is 11.1 Å². The third-order valence-electron chi connectivity index (χ3n) is 4.08. The SMILES string of the molecule is Cn1c(=O)c2ccccc2n2c(SCC(=O)Nc3ccccc3F)nnc12. The third-order valence-corrected chi connectivity index (χ3v) is 5.01. The number of amides is 1. The summed E-state index contributed by atoms with van der Waals surface area (Å²) in [7, 11) is 1.62. The summed E-state index contributed by atoms with van der Waals surface area (Å²) in [5.74, 6) is -0.455. The lowest BCUT2D eigenvalue weighted by molar-refractivity contribution is -0.113. The van der Waals surface area contributed by atoms with Crippen LogP contribution in [0.25, 0.3) is 16.7 Å². The van der Waals surface area contributed by atoms with Gasteiger partial charge >= 0.3 is 0 Å². The maximum Gasteiger partial charge on any atom is 0.262 e. The van der Waals surface area contributed by atoms with Gasteiger partial charge in [-0.1, -0.05) is 36.0 Å². The number of hydrogen-bond donors (Lipinski definition) is 1. The minimum atomic E-state index is -0.496. The molecule has 1 N–H and O–H groups in total. The first-order chi connectivity index (χ1) is 13.1. The molecule has 0 bridgehead atoms. The minimum absolute atomic E-state index is 0.0201. The van der Waals surface area contributed by atoms with E-state index in [4.69, 9.17) is 0 Å². The number of benzene rings is 2. The quantitative estimate of drug-likeness (QED) is 0.548. The lowest BCUT2D eigenvalue weighted by Crippen LogP contribution is -2.20. The summed E-state index contributed by atoms with van der Waals surface area (Å²) in [6.07, 6.45) is 0. The fourth-order valence-electron chi connectivity index (χ4n) is 2.78. The normalized spacial score (nSPS) is 11.2. The first-order valence-corrected chi connectivity index (χ1v) is 9.05. The molecular formula is C18H14FN5O2S. The van der Waals surface area contributed by atoms with Crippen molar-refractivity contribution < 1.29 is 9.18 Å². The molecule has 4 rings (SSSR count). The highest BCUT2D eigenvalue weighted by molar-refractivity contribution is 7.99. The smallest absolute Gasteiger partial charge is 0.262 e. The summed E-state index contributed by atoms with van der Waals surface area (Å²) < 4.78 is 16.8. The van der Waals surface area contributed by atoms with E-state index in [-0.39, 0.29) is 22.9 Å². The van der Waals surface area contributed by atoms with Crippen LogP contribution >= 0.6 is 11.8 Å². The summed E-state index contributed by atoms with van der Waals surface area (Å²) in [6.45, 7) is 0. The number of halogens is 1. The van der Waals surface area contributed by atoms with Crippen LogP contribution in [0.15, 0.2) is 58.5 Å². The number of carbonyl (C=O) groups is 1. The molecule has 0 saturated carbocycles. The number of anilines is 1. The van der Waals surface area contributed by atoms with E-state index in [0.29, 0.717) is 21.8 Å². The first kappa shape index (κ1) is 17.2. The number of para-hydroxylation sites is 2. The summed E-state index contributed by atoms with van der Waals surface area (Å²) in [5.41, 5.74) is 0.624. The highest BCUT2D eigenvalue weighted by atomic mass is 32.2. The van der Waals surface area contributed by atoms with Crippen molar-refractivity contribution in [2.45, 2.75) is 5.16 Å². The number of nitrogens with one attached hydrogen (secondary N) is 1. The predicted molar refractivity (Wildman–Crippen MR) is 101 cm³/mol. The zero-order valence-electron chi connectivity index (χ0n) is 14.2. The van der Waals surface area contributed by atoms with Crippen LogP contribution in [0.4, 0.5) is 10.1 Å². The summed E-state index contributed by atoms with van der Waals surface area (Å²) in [5, 5.41) is 11.7. The Labute approximate surface area is 156 Å². The Bertz CT molecular complexity index is 1230. The Morgan fingerprint density at radius 1 is 1.15 bits per heavy atom. The zero-order valence-corrected chi connectivity index (χ0v) is 15.0. The van der Waals surface area contributed by atoms with Gasteiger partial charge in [0.2, 0.25) is 11.7 Å². The molecule has 0 aliphatic heterocycles. The molecule has 2 aromatic carbocycles. The highest BCUT2D eigenvalue weighted by Gasteiger charge is 2.16. The Balaban J connectivity index is 1.64. The highest BCUT2D eigenvalue weighted by Crippen LogP contribution is 2.21. The van der Waals surface area contributed by atoms with Gasteiger partial charge in [0.1, 0.15) is 5.82 Å². The number of rotatable bonds is 4. The van der Waals surface area contributed by atoms with E-state index >= 15 is 0 Å². The number of aromatic nitrogens is 4. The standard InChI is InChI=1S/C18H14FN5O2S/c1-23-16(26)11-6-2-5-9-14(11)24-17(23)21-22-18(24)27-10-15(25)20-13-8-4-3-7-12(13)19/h2-9H,10H2,1H3,(H,20,25). The molecule has 0 aliphatic rings. The van der Waals surface area contributed by atoms with Crippen LogP contribution in [-0.4, -0.2) is 30.8 Å². The van der Waals surface area contributed by atoms with Crippen molar-refractivity contribution in [3.8, 4) is 0 Å². The molecule has 0 atom stereocenters. The van der Waals surface area contributed by atoms with Crippen LogP contribution in [0.1, 0.15) is 0 Å². The maximum atomic E-state index is 13.6. The molecule has 2 heterocycles. The molecule has 0 radical (unpaired) electrons. The molecule has 7 nitrogen and oxygen atoms in total. The van der Waals surface area contributed by atoms with E-state index in [0.717, 1.165) is 11.8 Å². The number of thioether (sulfide) groups is 1. The van der Waals surface area contributed by atoms with Gasteiger partial charge in [0.05, 0.1) is 22.3 Å². The number of carbonyl (C=O) groups excluding carboxylic acids is 1. The van der Waals surface area contributed by atoms with Gasteiger partial charge in [0.15, 0.2) is 5.16 Å². The van der Waals surface area contributed by atoms with Gasteiger partial charge in [-0.15, -0.1) is 10.2 Å². The van der Waals surface area contributed by atoms with Gasteiger partial charge in [0, 0.05) is 7.05 Å². The zero-order chi connectivity index (χ0) is 19.0. The molecule has 136 valence electrons. The predicted octanol–water partition coefficient (Wildman–Crippen LogP) is 2.45. The average molecular weight is 383 g/mol. The Morgan fingerprint density at radius 2 is 1.89 bits per heavy atom. The fraction of sp³-hybridized carbons (Fsp3) is 0.111. The molecule has 0 aliphatic carbocycles. The molecular weight excluding hydrogens is 369 g/mol. The molecule has 1 amide bonds. The summed E-state index contributed by atoms with van der Waals surface area (Å²) in [6, 6.07) is 13.1. The van der Waals surface area contributed by atoms with Gasteiger partial charge in [-0.05, 0) is 24.3 Å². The van der Waals surface area contributed by atoms with Crippen LogP contribution in [0.2, 0.25) is 0 Å². The van der Waals surface area contributed by atoms with E-state index in [1.165, 1.54) is 16.7 Å². The number of nitrogens with zero attached hydrogens (tertiary/aromatic N) is 4. The largest absolute Gasteiger partial charge is 0.323 e. The first-order valence-electron chi connectivity index (χ1n) is 8.06. The van der Waals surface area contributed by atoms with Crippen LogP contribution in [0.5, 0.6) is 0 Å². The topological polar surface area (TPSA) is 81.3 Å². The van der Waals surface area contributed by atoms with Crippen molar-refractivity contribution in [1.82, 2.24) is 19.2 Å². The van der Waals surface area contributed by atoms with Crippen LogP contribution in [0.3, 0.4) is 0 Å². The van der Waals surface area contributed by atoms with Crippen molar-refractivity contribution >= 4 is 40.0 Å². The Kier molecular flexibility index (Phi) is 4.36. The van der Waals surface area contributed by atoms with Gasteiger partial charge < -0.3 is 5.32 Å². The van der Waals surface area contributed by atoms with Crippen molar-refractivity contribution in [2.24, 2.45) is 7.05 Å².